The highest BCUT2D eigenvalue weighted by Crippen LogP contribution is 2.35. The van der Waals surface area contributed by atoms with Crippen LogP contribution in [0.15, 0.2) is 60.7 Å². The van der Waals surface area contributed by atoms with Crippen LogP contribution in [0.3, 0.4) is 0 Å². The smallest absolute Gasteiger partial charge is 0.115 e. The third kappa shape index (κ3) is 2.69. The summed E-state index contributed by atoms with van der Waals surface area (Å²) >= 11 is 0. The van der Waals surface area contributed by atoms with Crippen molar-refractivity contribution >= 4 is 5.69 Å². The molecular weight excluding hydrogens is 246 g/mol. The van der Waals surface area contributed by atoms with Crippen LogP contribution in [-0.2, 0) is 0 Å². The van der Waals surface area contributed by atoms with Crippen molar-refractivity contribution in [2.45, 2.75) is 24.7 Å². The van der Waals surface area contributed by atoms with Crippen LogP contribution in [-0.4, -0.2) is 5.11 Å². The molecule has 0 heterocycles. The van der Waals surface area contributed by atoms with E-state index in [1.165, 1.54) is 11.1 Å². The van der Waals surface area contributed by atoms with Gasteiger partial charge in [-0.15, -0.1) is 0 Å². The molecule has 0 aliphatic heterocycles. The van der Waals surface area contributed by atoms with E-state index < -0.39 is 0 Å². The standard InChI is InChI=1S/C18H19NO/c19-17-9-5-15(6-10-17)13-1-3-14(4-2-13)16-7-11-18(20)12-8-16/h1,3,5-14,20H,2,4,19H2. The van der Waals surface area contributed by atoms with E-state index in [4.69, 9.17) is 5.73 Å². The second-order valence-electron chi connectivity index (χ2n) is 5.43. The molecule has 0 amide bonds. The minimum absolute atomic E-state index is 0.327. The molecule has 2 nitrogen and oxygen atoms in total. The van der Waals surface area contributed by atoms with Gasteiger partial charge in [0.1, 0.15) is 5.75 Å². The third-order valence-electron chi connectivity index (χ3n) is 4.05. The monoisotopic (exact) mass is 265 g/mol. The summed E-state index contributed by atoms with van der Waals surface area (Å²) in [6.07, 6.45) is 6.87. The van der Waals surface area contributed by atoms with Crippen molar-refractivity contribution in [2.24, 2.45) is 0 Å². The van der Waals surface area contributed by atoms with Crippen LogP contribution in [0.2, 0.25) is 0 Å². The number of nitrogen functional groups attached to an aromatic ring is 1. The van der Waals surface area contributed by atoms with E-state index in [0.29, 0.717) is 17.6 Å². The first-order valence-electron chi connectivity index (χ1n) is 7.05. The number of rotatable bonds is 2. The van der Waals surface area contributed by atoms with Crippen molar-refractivity contribution in [3.05, 3.63) is 71.8 Å². The van der Waals surface area contributed by atoms with Crippen LogP contribution in [0.25, 0.3) is 0 Å². The zero-order chi connectivity index (χ0) is 13.9. The number of allylic oxidation sites excluding steroid dienone is 2. The van der Waals surface area contributed by atoms with Gasteiger partial charge in [-0.25, -0.2) is 0 Å². The largest absolute Gasteiger partial charge is 0.508 e. The minimum Gasteiger partial charge on any atom is -0.508 e. The summed E-state index contributed by atoms with van der Waals surface area (Å²) in [5, 5.41) is 9.34. The Kier molecular flexibility index (Phi) is 3.46. The molecule has 2 unspecified atom stereocenters. The van der Waals surface area contributed by atoms with Gasteiger partial charge < -0.3 is 10.8 Å². The topological polar surface area (TPSA) is 46.2 Å². The summed E-state index contributed by atoms with van der Waals surface area (Å²) in [5.74, 6) is 1.28. The van der Waals surface area contributed by atoms with Crippen LogP contribution < -0.4 is 5.73 Å². The molecule has 3 rings (SSSR count). The first kappa shape index (κ1) is 12.8. The van der Waals surface area contributed by atoms with E-state index in [-0.39, 0.29) is 0 Å². The number of hydrogen-bond acceptors (Lipinski definition) is 2. The third-order valence-corrected chi connectivity index (χ3v) is 4.05. The summed E-state index contributed by atoms with van der Waals surface area (Å²) < 4.78 is 0. The van der Waals surface area contributed by atoms with Crippen LogP contribution in [0, 0.1) is 0 Å². The Labute approximate surface area is 119 Å². The molecule has 1 aliphatic rings. The molecule has 20 heavy (non-hydrogen) atoms. The SMILES string of the molecule is Nc1ccc(C2C=CC(c3ccc(O)cc3)CC2)cc1. The summed E-state index contributed by atoms with van der Waals surface area (Å²) in [5.41, 5.74) is 9.15. The highest BCUT2D eigenvalue weighted by atomic mass is 16.3. The van der Waals surface area contributed by atoms with Crippen molar-refractivity contribution in [3.63, 3.8) is 0 Å². The molecule has 2 atom stereocenters. The molecule has 0 fully saturated rings. The zero-order valence-electron chi connectivity index (χ0n) is 11.4. The van der Waals surface area contributed by atoms with Gasteiger partial charge in [-0.3, -0.25) is 0 Å². The fraction of sp³-hybridized carbons (Fsp3) is 0.222. The Hall–Kier alpha value is -2.22. The predicted molar refractivity (Wildman–Crippen MR) is 82.8 cm³/mol. The van der Waals surface area contributed by atoms with Gasteiger partial charge >= 0.3 is 0 Å². The van der Waals surface area contributed by atoms with Crippen molar-refractivity contribution in [1.29, 1.82) is 0 Å². The van der Waals surface area contributed by atoms with Crippen LogP contribution in [0.5, 0.6) is 5.75 Å². The number of phenols is 1. The van der Waals surface area contributed by atoms with E-state index >= 15 is 0 Å². The average Bonchev–Trinajstić information content (AvgIpc) is 2.49. The lowest BCUT2D eigenvalue weighted by atomic mass is 9.81. The maximum Gasteiger partial charge on any atom is 0.115 e. The molecule has 2 heteroatoms. The Morgan fingerprint density at radius 3 is 1.65 bits per heavy atom. The quantitative estimate of drug-likeness (QED) is 0.631. The number of aromatic hydroxyl groups is 1. The predicted octanol–water partition coefficient (Wildman–Crippen LogP) is 4.19. The fourth-order valence-corrected chi connectivity index (χ4v) is 2.84. The van der Waals surface area contributed by atoms with Crippen LogP contribution >= 0.6 is 0 Å². The first-order valence-corrected chi connectivity index (χ1v) is 7.05. The van der Waals surface area contributed by atoms with Gasteiger partial charge in [0.2, 0.25) is 0 Å². The molecule has 0 saturated heterocycles. The van der Waals surface area contributed by atoms with Gasteiger partial charge in [-0.2, -0.15) is 0 Å². The lowest BCUT2D eigenvalue weighted by Crippen LogP contribution is -2.06. The molecule has 102 valence electrons. The van der Waals surface area contributed by atoms with Crippen molar-refractivity contribution in [3.8, 4) is 5.75 Å². The molecule has 0 spiro atoms. The summed E-state index contributed by atoms with van der Waals surface area (Å²) in [4.78, 5) is 0. The molecule has 3 N–H and O–H groups in total. The molecule has 0 aromatic heterocycles. The van der Waals surface area contributed by atoms with E-state index in [1.807, 2.05) is 24.3 Å². The van der Waals surface area contributed by atoms with Gasteiger partial charge in [0, 0.05) is 17.5 Å². The maximum absolute atomic E-state index is 9.34. The summed E-state index contributed by atoms with van der Waals surface area (Å²) in [6.45, 7) is 0. The van der Waals surface area contributed by atoms with Crippen LogP contribution in [0.4, 0.5) is 5.69 Å². The van der Waals surface area contributed by atoms with E-state index in [9.17, 15) is 5.11 Å². The normalized spacial score (nSPS) is 21.8. The molecule has 2 aromatic carbocycles. The number of hydrogen-bond donors (Lipinski definition) is 2. The number of anilines is 1. The van der Waals surface area contributed by atoms with E-state index in [0.717, 1.165) is 18.5 Å². The van der Waals surface area contributed by atoms with E-state index in [2.05, 4.69) is 24.3 Å². The Morgan fingerprint density at radius 1 is 0.750 bits per heavy atom. The lowest BCUT2D eigenvalue weighted by Gasteiger charge is -2.23. The first-order chi connectivity index (χ1) is 9.72. The van der Waals surface area contributed by atoms with Crippen molar-refractivity contribution in [1.82, 2.24) is 0 Å². The molecule has 0 radical (unpaired) electrons. The highest BCUT2D eigenvalue weighted by Gasteiger charge is 2.18. The minimum atomic E-state index is 0.327. The van der Waals surface area contributed by atoms with Gasteiger partial charge in [0.25, 0.3) is 0 Å². The molecular formula is C18H19NO. The number of nitrogens with two attached hydrogens (primary N) is 1. The lowest BCUT2D eigenvalue weighted by molar-refractivity contribution is 0.474. The summed E-state index contributed by atoms with van der Waals surface area (Å²) in [7, 11) is 0. The fourth-order valence-electron chi connectivity index (χ4n) is 2.84. The molecule has 0 saturated carbocycles. The van der Waals surface area contributed by atoms with Crippen molar-refractivity contribution < 1.29 is 5.11 Å². The Balaban J connectivity index is 1.74. The van der Waals surface area contributed by atoms with Gasteiger partial charge in [0.05, 0.1) is 0 Å². The molecule has 0 bridgehead atoms. The second-order valence-corrected chi connectivity index (χ2v) is 5.43. The zero-order valence-corrected chi connectivity index (χ0v) is 11.4. The van der Waals surface area contributed by atoms with Crippen LogP contribution in [0.1, 0.15) is 35.8 Å². The maximum atomic E-state index is 9.34. The number of phenolic OH excluding ortho intramolecular Hbond substituents is 1. The Bertz CT molecular complexity index is 543. The highest BCUT2D eigenvalue weighted by molar-refractivity contribution is 5.41. The van der Waals surface area contributed by atoms with Gasteiger partial charge in [-0.05, 0) is 48.2 Å². The van der Waals surface area contributed by atoms with Gasteiger partial charge in [0.15, 0.2) is 0 Å². The average molecular weight is 265 g/mol. The summed E-state index contributed by atoms with van der Waals surface area (Å²) in [6, 6.07) is 15.7. The second kappa shape index (κ2) is 5.41. The van der Waals surface area contributed by atoms with E-state index in [1.54, 1.807) is 12.1 Å². The van der Waals surface area contributed by atoms with Gasteiger partial charge in [-0.1, -0.05) is 36.4 Å². The van der Waals surface area contributed by atoms with Crippen molar-refractivity contribution in [2.75, 3.05) is 5.73 Å². The number of benzene rings is 2. The molecule has 1 aliphatic carbocycles. The Morgan fingerprint density at radius 2 is 1.20 bits per heavy atom. The molecule has 2 aromatic rings.